The minimum absolute atomic E-state index is 0.265. The van der Waals surface area contributed by atoms with E-state index in [4.69, 9.17) is 0 Å². The van der Waals surface area contributed by atoms with Crippen LogP contribution in [0.25, 0.3) is 10.9 Å². The molecule has 1 heterocycles. The molecule has 0 aliphatic rings. The molecule has 3 rings (SSSR count). The van der Waals surface area contributed by atoms with Crippen molar-refractivity contribution < 1.29 is 0 Å². The highest BCUT2D eigenvalue weighted by Gasteiger charge is 2.11. The molecule has 1 atom stereocenters. The number of aromatic nitrogens is 2. The highest BCUT2D eigenvalue weighted by Crippen LogP contribution is 2.24. The van der Waals surface area contributed by atoms with Gasteiger partial charge in [0.25, 0.3) is 0 Å². The summed E-state index contributed by atoms with van der Waals surface area (Å²) < 4.78 is 3.08. The Hall–Kier alpha value is -1.65. The van der Waals surface area contributed by atoms with E-state index in [0.29, 0.717) is 0 Å². The highest BCUT2D eigenvalue weighted by molar-refractivity contribution is 9.10. The van der Waals surface area contributed by atoms with Gasteiger partial charge in [-0.25, -0.2) is 0 Å². The number of hydrogen-bond donors (Lipinski definition) is 1. The molecule has 0 spiro atoms. The Morgan fingerprint density at radius 3 is 2.67 bits per heavy atom. The molecule has 1 N–H and O–H groups in total. The van der Waals surface area contributed by atoms with Gasteiger partial charge in [-0.3, -0.25) is 4.68 Å². The standard InChI is InChI=1S/C17H18BrN3/c1-12(13-7-3-5-9-15(13)18)19-11-16-14-8-4-6-10-17(14)21(2)20-16/h3-10,12,19H,11H2,1-2H3/t12-/m0/s1. The van der Waals surface area contributed by atoms with E-state index in [1.165, 1.54) is 16.5 Å². The van der Waals surface area contributed by atoms with Crippen molar-refractivity contribution in [3.05, 3.63) is 64.3 Å². The van der Waals surface area contributed by atoms with Crippen LogP contribution in [0.3, 0.4) is 0 Å². The number of halogens is 1. The monoisotopic (exact) mass is 343 g/mol. The van der Waals surface area contributed by atoms with Gasteiger partial charge in [-0.05, 0) is 24.6 Å². The minimum atomic E-state index is 0.265. The number of hydrogen-bond acceptors (Lipinski definition) is 2. The molecule has 2 aromatic carbocycles. The van der Waals surface area contributed by atoms with Gasteiger partial charge in [0, 0.05) is 29.5 Å². The maximum Gasteiger partial charge on any atom is 0.0841 e. The molecular weight excluding hydrogens is 326 g/mol. The van der Waals surface area contributed by atoms with Gasteiger partial charge in [0.1, 0.15) is 0 Å². The van der Waals surface area contributed by atoms with E-state index in [1.807, 2.05) is 23.9 Å². The Morgan fingerprint density at radius 2 is 1.86 bits per heavy atom. The van der Waals surface area contributed by atoms with Crippen LogP contribution in [0, 0.1) is 0 Å². The van der Waals surface area contributed by atoms with Crippen LogP contribution in [-0.2, 0) is 13.6 Å². The first-order chi connectivity index (χ1) is 10.2. The molecule has 0 saturated heterocycles. The van der Waals surface area contributed by atoms with Gasteiger partial charge in [0.15, 0.2) is 0 Å². The third-order valence-corrected chi connectivity index (χ3v) is 4.50. The fourth-order valence-electron chi connectivity index (χ4n) is 2.61. The first kappa shape index (κ1) is 14.3. The van der Waals surface area contributed by atoms with Crippen molar-refractivity contribution in [2.24, 2.45) is 7.05 Å². The lowest BCUT2D eigenvalue weighted by Crippen LogP contribution is -2.19. The van der Waals surface area contributed by atoms with Crippen molar-refractivity contribution >= 4 is 26.8 Å². The van der Waals surface area contributed by atoms with Crippen LogP contribution in [0.2, 0.25) is 0 Å². The van der Waals surface area contributed by atoms with E-state index in [-0.39, 0.29) is 6.04 Å². The second-order valence-electron chi connectivity index (χ2n) is 5.21. The normalized spacial score (nSPS) is 12.7. The zero-order valence-corrected chi connectivity index (χ0v) is 13.8. The molecule has 0 unspecified atom stereocenters. The third kappa shape index (κ3) is 2.87. The van der Waals surface area contributed by atoms with Gasteiger partial charge in [-0.1, -0.05) is 52.3 Å². The second kappa shape index (κ2) is 6.00. The molecule has 1 aromatic heterocycles. The van der Waals surface area contributed by atoms with E-state index in [9.17, 15) is 0 Å². The molecule has 0 bridgehead atoms. The van der Waals surface area contributed by atoms with Crippen molar-refractivity contribution in [2.75, 3.05) is 0 Å². The van der Waals surface area contributed by atoms with Crippen LogP contribution < -0.4 is 5.32 Å². The van der Waals surface area contributed by atoms with E-state index in [1.54, 1.807) is 0 Å². The maximum absolute atomic E-state index is 4.62. The molecule has 21 heavy (non-hydrogen) atoms. The lowest BCUT2D eigenvalue weighted by atomic mass is 10.1. The van der Waals surface area contributed by atoms with E-state index < -0.39 is 0 Å². The van der Waals surface area contributed by atoms with Crippen molar-refractivity contribution in [3.8, 4) is 0 Å². The number of fused-ring (bicyclic) bond motifs is 1. The number of nitrogens with zero attached hydrogens (tertiary/aromatic N) is 2. The Morgan fingerprint density at radius 1 is 1.14 bits per heavy atom. The number of aryl methyl sites for hydroxylation is 1. The third-order valence-electron chi connectivity index (χ3n) is 3.78. The topological polar surface area (TPSA) is 29.9 Å². The van der Waals surface area contributed by atoms with Crippen LogP contribution in [0.5, 0.6) is 0 Å². The maximum atomic E-state index is 4.62. The van der Waals surface area contributed by atoms with Crippen LogP contribution >= 0.6 is 15.9 Å². The van der Waals surface area contributed by atoms with Crippen LogP contribution in [0.15, 0.2) is 53.0 Å². The Labute approximate surface area is 133 Å². The molecule has 0 aliphatic heterocycles. The van der Waals surface area contributed by atoms with Gasteiger partial charge in [0.05, 0.1) is 11.2 Å². The van der Waals surface area contributed by atoms with Crippen LogP contribution in [0.1, 0.15) is 24.2 Å². The summed E-state index contributed by atoms with van der Waals surface area (Å²) >= 11 is 3.61. The fourth-order valence-corrected chi connectivity index (χ4v) is 3.23. The molecule has 0 amide bonds. The van der Waals surface area contributed by atoms with Crippen LogP contribution in [0.4, 0.5) is 0 Å². The Balaban J connectivity index is 1.79. The first-order valence-electron chi connectivity index (χ1n) is 7.05. The predicted molar refractivity (Wildman–Crippen MR) is 90.1 cm³/mol. The van der Waals surface area contributed by atoms with E-state index in [0.717, 1.165) is 16.7 Å². The van der Waals surface area contributed by atoms with Crippen molar-refractivity contribution in [1.82, 2.24) is 15.1 Å². The Bertz CT molecular complexity index is 764. The van der Waals surface area contributed by atoms with E-state index in [2.05, 4.69) is 69.7 Å². The molecule has 0 radical (unpaired) electrons. The molecule has 0 aliphatic carbocycles. The van der Waals surface area contributed by atoms with Gasteiger partial charge >= 0.3 is 0 Å². The summed E-state index contributed by atoms with van der Waals surface area (Å²) in [6.07, 6.45) is 0. The summed E-state index contributed by atoms with van der Waals surface area (Å²) in [5.74, 6) is 0. The SMILES string of the molecule is C[C@H](NCc1nn(C)c2ccccc12)c1ccccc1Br. The minimum Gasteiger partial charge on any atom is -0.304 e. The van der Waals surface area contributed by atoms with Gasteiger partial charge in [-0.2, -0.15) is 5.10 Å². The summed E-state index contributed by atoms with van der Waals surface area (Å²) in [4.78, 5) is 0. The zero-order chi connectivity index (χ0) is 14.8. The molecule has 3 nitrogen and oxygen atoms in total. The molecule has 4 heteroatoms. The average molecular weight is 344 g/mol. The van der Waals surface area contributed by atoms with Gasteiger partial charge in [0.2, 0.25) is 0 Å². The van der Waals surface area contributed by atoms with Crippen molar-refractivity contribution in [1.29, 1.82) is 0 Å². The number of benzene rings is 2. The predicted octanol–water partition coefficient (Wildman–Crippen LogP) is 4.19. The molecule has 0 fully saturated rings. The lowest BCUT2D eigenvalue weighted by Gasteiger charge is -2.15. The number of nitrogens with one attached hydrogen (secondary N) is 1. The van der Waals surface area contributed by atoms with Gasteiger partial charge < -0.3 is 5.32 Å². The largest absolute Gasteiger partial charge is 0.304 e. The summed E-state index contributed by atoms with van der Waals surface area (Å²) in [6.45, 7) is 2.93. The van der Waals surface area contributed by atoms with E-state index >= 15 is 0 Å². The molecule has 3 aromatic rings. The highest BCUT2D eigenvalue weighted by atomic mass is 79.9. The smallest absolute Gasteiger partial charge is 0.0841 e. The summed E-state index contributed by atoms with van der Waals surface area (Å²) in [6, 6.07) is 16.9. The first-order valence-corrected chi connectivity index (χ1v) is 7.84. The second-order valence-corrected chi connectivity index (χ2v) is 6.07. The number of para-hydroxylation sites is 1. The van der Waals surface area contributed by atoms with Gasteiger partial charge in [-0.15, -0.1) is 0 Å². The quantitative estimate of drug-likeness (QED) is 0.769. The fraction of sp³-hybridized carbons (Fsp3) is 0.235. The average Bonchev–Trinajstić information content (AvgIpc) is 2.82. The Kier molecular flexibility index (Phi) is 4.08. The number of rotatable bonds is 4. The zero-order valence-electron chi connectivity index (χ0n) is 12.2. The molecular formula is C17H18BrN3. The summed E-state index contributed by atoms with van der Waals surface area (Å²) in [5, 5.41) is 9.39. The summed E-state index contributed by atoms with van der Waals surface area (Å²) in [5.41, 5.74) is 3.52. The summed E-state index contributed by atoms with van der Waals surface area (Å²) in [7, 11) is 1.99. The van der Waals surface area contributed by atoms with Crippen LogP contribution in [-0.4, -0.2) is 9.78 Å². The molecule has 108 valence electrons. The van der Waals surface area contributed by atoms with Crippen molar-refractivity contribution in [2.45, 2.75) is 19.5 Å². The molecule has 0 saturated carbocycles. The lowest BCUT2D eigenvalue weighted by molar-refractivity contribution is 0.562. The van der Waals surface area contributed by atoms with Crippen molar-refractivity contribution in [3.63, 3.8) is 0 Å².